The molecular formula is C21H20N4O3. The standard InChI is InChI=1S/C21H20N4O3/c1-28-16-9-7-14(8-10-16)12-22-21(27)17-13-23-25-19(26)11-18(24-20(17)25)15-5-3-2-4-6-15/h3,5-11,13,23H,2,4,12H2,1H3,(H,22,27). The number of H-pyrrole nitrogens is 1. The monoisotopic (exact) mass is 376 g/mol. The Morgan fingerprint density at radius 1 is 1.29 bits per heavy atom. The lowest BCUT2D eigenvalue weighted by Gasteiger charge is -2.08. The van der Waals surface area contributed by atoms with Crippen molar-refractivity contribution in [3.63, 3.8) is 0 Å². The first kappa shape index (κ1) is 17.8. The van der Waals surface area contributed by atoms with Crippen LogP contribution in [0, 0.1) is 0 Å². The number of nitrogens with one attached hydrogen (secondary N) is 2. The first-order valence-corrected chi connectivity index (χ1v) is 9.05. The van der Waals surface area contributed by atoms with Crippen LogP contribution in [0.5, 0.6) is 5.75 Å². The molecule has 28 heavy (non-hydrogen) atoms. The summed E-state index contributed by atoms with van der Waals surface area (Å²) in [6, 6.07) is 8.93. The van der Waals surface area contributed by atoms with E-state index in [0.717, 1.165) is 29.7 Å². The molecule has 2 heterocycles. The third kappa shape index (κ3) is 3.46. The van der Waals surface area contributed by atoms with Gasteiger partial charge in [-0.2, -0.15) is 0 Å². The quantitative estimate of drug-likeness (QED) is 0.717. The van der Waals surface area contributed by atoms with E-state index >= 15 is 0 Å². The first-order valence-electron chi connectivity index (χ1n) is 9.05. The highest BCUT2D eigenvalue weighted by molar-refractivity contribution is 5.99. The van der Waals surface area contributed by atoms with Crippen molar-refractivity contribution < 1.29 is 9.53 Å². The predicted molar refractivity (Wildman–Crippen MR) is 106 cm³/mol. The molecule has 0 saturated heterocycles. The Balaban J connectivity index is 1.59. The highest BCUT2D eigenvalue weighted by Gasteiger charge is 2.16. The normalized spacial score (nSPS) is 13.4. The number of methoxy groups -OCH3 is 1. The lowest BCUT2D eigenvalue weighted by Crippen LogP contribution is -2.23. The molecule has 142 valence electrons. The Hall–Kier alpha value is -3.61. The number of amides is 1. The number of fused-ring (bicyclic) bond motifs is 1. The van der Waals surface area contributed by atoms with E-state index in [9.17, 15) is 9.59 Å². The summed E-state index contributed by atoms with van der Waals surface area (Å²) >= 11 is 0. The Morgan fingerprint density at radius 3 is 2.82 bits per heavy atom. The maximum atomic E-state index is 12.7. The molecule has 1 amide bonds. The molecule has 0 radical (unpaired) electrons. The predicted octanol–water partition coefficient (Wildman–Crippen LogP) is 2.69. The molecule has 1 aromatic carbocycles. The number of hydrogen-bond acceptors (Lipinski definition) is 4. The van der Waals surface area contributed by atoms with E-state index in [4.69, 9.17) is 4.74 Å². The minimum Gasteiger partial charge on any atom is -0.497 e. The summed E-state index contributed by atoms with van der Waals surface area (Å²) in [5.74, 6) is 0.459. The van der Waals surface area contributed by atoms with E-state index in [1.54, 1.807) is 7.11 Å². The Bertz CT molecular complexity index is 1140. The molecule has 1 aliphatic rings. The van der Waals surface area contributed by atoms with Crippen LogP contribution in [0.1, 0.15) is 34.5 Å². The summed E-state index contributed by atoms with van der Waals surface area (Å²) in [6.45, 7) is 0.359. The molecule has 0 fully saturated rings. The highest BCUT2D eigenvalue weighted by Crippen LogP contribution is 2.20. The van der Waals surface area contributed by atoms with Gasteiger partial charge in [-0.05, 0) is 36.1 Å². The van der Waals surface area contributed by atoms with Gasteiger partial charge in [0.1, 0.15) is 11.3 Å². The topological polar surface area (TPSA) is 88.5 Å². The second-order valence-corrected chi connectivity index (χ2v) is 6.50. The van der Waals surface area contributed by atoms with Crippen molar-refractivity contribution in [1.29, 1.82) is 0 Å². The Morgan fingerprint density at radius 2 is 2.11 bits per heavy atom. The average molecular weight is 376 g/mol. The van der Waals surface area contributed by atoms with Crippen molar-refractivity contribution in [2.24, 2.45) is 0 Å². The number of nitrogens with zero attached hydrogens (tertiary/aromatic N) is 2. The summed E-state index contributed by atoms with van der Waals surface area (Å²) in [4.78, 5) is 29.6. The number of allylic oxidation sites excluding steroid dienone is 4. The van der Waals surface area contributed by atoms with E-state index in [-0.39, 0.29) is 11.5 Å². The molecular weight excluding hydrogens is 356 g/mol. The number of aromatic amines is 1. The molecule has 2 aromatic heterocycles. The Kier molecular flexibility index (Phi) is 4.80. The SMILES string of the molecule is COc1ccc(CNC(=O)c2c[nH]n3c(=O)cc(C4=CCCC=C4)nc23)cc1. The van der Waals surface area contributed by atoms with Gasteiger partial charge in [-0.1, -0.05) is 30.4 Å². The van der Waals surface area contributed by atoms with Crippen LogP contribution in [0.4, 0.5) is 0 Å². The van der Waals surface area contributed by atoms with Crippen molar-refractivity contribution >= 4 is 17.1 Å². The summed E-state index contributed by atoms with van der Waals surface area (Å²) in [7, 11) is 1.61. The second kappa shape index (κ2) is 7.56. The van der Waals surface area contributed by atoms with Crippen molar-refractivity contribution in [3.8, 4) is 5.75 Å². The van der Waals surface area contributed by atoms with Gasteiger partial charge in [0, 0.05) is 18.8 Å². The fraction of sp³-hybridized carbons (Fsp3) is 0.190. The molecule has 1 aliphatic carbocycles. The number of benzene rings is 1. The highest BCUT2D eigenvalue weighted by atomic mass is 16.5. The van der Waals surface area contributed by atoms with Gasteiger partial charge < -0.3 is 10.1 Å². The van der Waals surface area contributed by atoms with Crippen LogP contribution in [0.3, 0.4) is 0 Å². The van der Waals surface area contributed by atoms with E-state index in [1.165, 1.54) is 16.8 Å². The number of carbonyl (C=O) groups excluding carboxylic acids is 1. The molecule has 0 saturated carbocycles. The average Bonchev–Trinajstić information content (AvgIpc) is 3.18. The molecule has 0 aliphatic heterocycles. The van der Waals surface area contributed by atoms with E-state index < -0.39 is 0 Å². The molecule has 0 bridgehead atoms. The maximum absolute atomic E-state index is 12.7. The number of rotatable bonds is 5. The van der Waals surface area contributed by atoms with E-state index in [0.29, 0.717) is 23.4 Å². The molecule has 0 unspecified atom stereocenters. The van der Waals surface area contributed by atoms with Gasteiger partial charge in [-0.15, -0.1) is 0 Å². The number of hydrogen-bond donors (Lipinski definition) is 2. The lowest BCUT2D eigenvalue weighted by atomic mass is 10.0. The van der Waals surface area contributed by atoms with Crippen LogP contribution >= 0.6 is 0 Å². The van der Waals surface area contributed by atoms with Crippen LogP contribution in [-0.2, 0) is 6.54 Å². The fourth-order valence-electron chi connectivity index (χ4n) is 3.12. The smallest absolute Gasteiger partial charge is 0.273 e. The van der Waals surface area contributed by atoms with Crippen molar-refractivity contribution in [1.82, 2.24) is 19.9 Å². The number of ether oxygens (including phenoxy) is 1. The molecule has 0 spiro atoms. The fourth-order valence-corrected chi connectivity index (χ4v) is 3.12. The molecule has 2 N–H and O–H groups in total. The molecule has 3 aromatic rings. The summed E-state index contributed by atoms with van der Waals surface area (Å²) < 4.78 is 6.41. The molecule has 7 heteroatoms. The third-order valence-corrected chi connectivity index (χ3v) is 4.65. The van der Waals surface area contributed by atoms with Crippen molar-refractivity contribution in [2.75, 3.05) is 7.11 Å². The van der Waals surface area contributed by atoms with E-state index in [2.05, 4.69) is 21.5 Å². The largest absolute Gasteiger partial charge is 0.497 e. The van der Waals surface area contributed by atoms with Gasteiger partial charge in [-0.25, -0.2) is 9.50 Å². The second-order valence-electron chi connectivity index (χ2n) is 6.50. The third-order valence-electron chi connectivity index (χ3n) is 4.65. The van der Waals surface area contributed by atoms with Crippen LogP contribution in [0.15, 0.2) is 59.6 Å². The Labute approximate surface area is 161 Å². The first-order chi connectivity index (χ1) is 13.7. The summed E-state index contributed by atoms with van der Waals surface area (Å²) in [5, 5.41) is 5.67. The minimum absolute atomic E-state index is 0.255. The summed E-state index contributed by atoms with van der Waals surface area (Å²) in [6.07, 6.45) is 9.45. The van der Waals surface area contributed by atoms with Gasteiger partial charge >= 0.3 is 0 Å². The number of aromatic nitrogens is 3. The lowest BCUT2D eigenvalue weighted by molar-refractivity contribution is 0.0952. The van der Waals surface area contributed by atoms with Crippen LogP contribution < -0.4 is 15.6 Å². The van der Waals surface area contributed by atoms with Gasteiger partial charge in [-0.3, -0.25) is 14.7 Å². The van der Waals surface area contributed by atoms with Crippen LogP contribution in [-0.4, -0.2) is 27.6 Å². The zero-order chi connectivity index (χ0) is 19.5. The zero-order valence-electron chi connectivity index (χ0n) is 15.4. The zero-order valence-corrected chi connectivity index (χ0v) is 15.4. The van der Waals surface area contributed by atoms with E-state index in [1.807, 2.05) is 36.4 Å². The minimum atomic E-state index is -0.299. The number of carbonyl (C=O) groups is 1. The van der Waals surface area contributed by atoms with Crippen LogP contribution in [0.25, 0.3) is 11.2 Å². The van der Waals surface area contributed by atoms with Gasteiger partial charge in [0.2, 0.25) is 0 Å². The van der Waals surface area contributed by atoms with Gasteiger partial charge in [0.25, 0.3) is 11.5 Å². The summed E-state index contributed by atoms with van der Waals surface area (Å²) in [5.41, 5.74) is 2.80. The van der Waals surface area contributed by atoms with Gasteiger partial charge in [0.15, 0.2) is 5.65 Å². The maximum Gasteiger partial charge on any atom is 0.273 e. The van der Waals surface area contributed by atoms with Gasteiger partial charge in [0.05, 0.1) is 12.8 Å². The molecule has 0 atom stereocenters. The van der Waals surface area contributed by atoms with Crippen molar-refractivity contribution in [3.05, 3.63) is 81.9 Å². The molecule has 4 rings (SSSR count). The van der Waals surface area contributed by atoms with Crippen LogP contribution in [0.2, 0.25) is 0 Å². The molecule has 7 nitrogen and oxygen atoms in total. The van der Waals surface area contributed by atoms with Crippen molar-refractivity contribution in [2.45, 2.75) is 19.4 Å².